The third-order valence-electron chi connectivity index (χ3n) is 4.03. The number of ether oxygens (including phenoxy) is 1. The molecule has 1 fully saturated rings. The first kappa shape index (κ1) is 15.8. The van der Waals surface area contributed by atoms with Crippen molar-refractivity contribution < 1.29 is 19.0 Å². The van der Waals surface area contributed by atoms with Crippen LogP contribution >= 0.6 is 0 Å². The largest absolute Gasteiger partial charge is 0.494 e. The van der Waals surface area contributed by atoms with Crippen LogP contribution in [0.5, 0.6) is 5.75 Å². The van der Waals surface area contributed by atoms with Crippen LogP contribution in [0.1, 0.15) is 48.9 Å². The van der Waals surface area contributed by atoms with Crippen molar-refractivity contribution in [2.75, 3.05) is 13.7 Å². The highest BCUT2D eigenvalue weighted by Crippen LogP contribution is 2.26. The van der Waals surface area contributed by atoms with Gasteiger partial charge in [-0.15, -0.1) is 0 Å². The molecule has 0 saturated heterocycles. The number of carbonyl (C=O) groups excluding carboxylic acids is 1. The van der Waals surface area contributed by atoms with Gasteiger partial charge in [-0.25, -0.2) is 4.39 Å². The van der Waals surface area contributed by atoms with E-state index in [1.54, 1.807) is 0 Å². The molecule has 1 aromatic rings. The van der Waals surface area contributed by atoms with Crippen molar-refractivity contribution in [2.24, 2.45) is 0 Å². The number of amides is 1. The fourth-order valence-corrected chi connectivity index (χ4v) is 2.72. The fraction of sp³-hybridized carbons (Fsp3) is 0.562. The molecule has 0 atom stereocenters. The highest BCUT2D eigenvalue weighted by Gasteiger charge is 2.28. The molecular formula is C16H22FNO3. The van der Waals surface area contributed by atoms with Crippen molar-refractivity contribution >= 4 is 5.91 Å². The summed E-state index contributed by atoms with van der Waals surface area (Å²) in [5, 5.41) is 13.2. The van der Waals surface area contributed by atoms with Gasteiger partial charge in [0.05, 0.1) is 12.7 Å². The summed E-state index contributed by atoms with van der Waals surface area (Å²) < 4.78 is 18.4. The maximum atomic E-state index is 13.6. The Morgan fingerprint density at radius 2 is 2.00 bits per heavy atom. The average Bonchev–Trinajstić information content (AvgIpc) is 2.70. The van der Waals surface area contributed by atoms with Gasteiger partial charge in [-0.2, -0.15) is 0 Å². The van der Waals surface area contributed by atoms with Gasteiger partial charge >= 0.3 is 0 Å². The Bertz CT molecular complexity index is 496. The van der Waals surface area contributed by atoms with Crippen LogP contribution in [0.15, 0.2) is 18.2 Å². The van der Waals surface area contributed by atoms with Gasteiger partial charge in [0, 0.05) is 12.1 Å². The Hall–Kier alpha value is -1.62. The van der Waals surface area contributed by atoms with Crippen LogP contribution < -0.4 is 10.1 Å². The van der Waals surface area contributed by atoms with Crippen LogP contribution in [-0.2, 0) is 0 Å². The normalized spacial score (nSPS) is 17.9. The van der Waals surface area contributed by atoms with Gasteiger partial charge in [-0.05, 0) is 31.0 Å². The highest BCUT2D eigenvalue weighted by molar-refractivity contribution is 5.94. The zero-order valence-corrected chi connectivity index (χ0v) is 12.3. The molecule has 0 unspecified atom stereocenters. The maximum absolute atomic E-state index is 13.6. The molecule has 2 rings (SSSR count). The smallest absolute Gasteiger partial charge is 0.251 e. The molecule has 1 aliphatic carbocycles. The Labute approximate surface area is 124 Å². The predicted molar refractivity (Wildman–Crippen MR) is 77.9 cm³/mol. The molecule has 0 aliphatic heterocycles. The number of benzene rings is 1. The van der Waals surface area contributed by atoms with Crippen LogP contribution in [0.4, 0.5) is 4.39 Å². The lowest BCUT2D eigenvalue weighted by atomic mass is 9.94. The topological polar surface area (TPSA) is 58.6 Å². The van der Waals surface area contributed by atoms with Crippen molar-refractivity contribution in [2.45, 2.75) is 44.1 Å². The predicted octanol–water partition coefficient (Wildman–Crippen LogP) is 2.65. The lowest BCUT2D eigenvalue weighted by Gasteiger charge is -2.26. The van der Waals surface area contributed by atoms with Crippen LogP contribution in [0.25, 0.3) is 0 Å². The zero-order valence-electron chi connectivity index (χ0n) is 12.3. The SMILES string of the molecule is COc1ccc(C(=O)NCC2(O)CCCCCC2)cc1F. The summed E-state index contributed by atoms with van der Waals surface area (Å²) in [5.74, 6) is -0.846. The molecule has 0 bridgehead atoms. The second-order valence-electron chi connectivity index (χ2n) is 5.67. The average molecular weight is 295 g/mol. The van der Waals surface area contributed by atoms with E-state index < -0.39 is 11.4 Å². The lowest BCUT2D eigenvalue weighted by Crippen LogP contribution is -2.42. The molecule has 1 amide bonds. The molecule has 4 nitrogen and oxygen atoms in total. The number of rotatable bonds is 4. The molecule has 116 valence electrons. The van der Waals surface area contributed by atoms with E-state index in [-0.39, 0.29) is 23.8 Å². The van der Waals surface area contributed by atoms with E-state index in [9.17, 15) is 14.3 Å². The van der Waals surface area contributed by atoms with Gasteiger partial charge in [-0.3, -0.25) is 4.79 Å². The first-order valence-corrected chi connectivity index (χ1v) is 7.38. The number of hydrogen-bond donors (Lipinski definition) is 2. The standard InChI is InChI=1S/C16H22FNO3/c1-21-14-7-6-12(10-13(14)17)15(19)18-11-16(20)8-4-2-3-5-9-16/h6-7,10,20H,2-5,8-9,11H2,1H3,(H,18,19). The summed E-state index contributed by atoms with van der Waals surface area (Å²) in [6.45, 7) is 0.208. The summed E-state index contributed by atoms with van der Waals surface area (Å²) in [4.78, 5) is 12.0. The second kappa shape index (κ2) is 6.89. The molecule has 0 spiro atoms. The van der Waals surface area contributed by atoms with Crippen molar-refractivity contribution in [3.8, 4) is 5.75 Å². The van der Waals surface area contributed by atoms with Crippen molar-refractivity contribution in [3.63, 3.8) is 0 Å². The molecular weight excluding hydrogens is 273 g/mol. The van der Waals surface area contributed by atoms with Gasteiger partial charge in [0.2, 0.25) is 0 Å². The molecule has 1 aliphatic rings. The molecule has 0 radical (unpaired) electrons. The van der Waals surface area contributed by atoms with Crippen molar-refractivity contribution in [3.05, 3.63) is 29.6 Å². The first-order chi connectivity index (χ1) is 10.0. The molecule has 0 heterocycles. The number of aliphatic hydroxyl groups is 1. The molecule has 2 N–H and O–H groups in total. The Balaban J connectivity index is 1.96. The monoisotopic (exact) mass is 295 g/mol. The molecule has 0 aromatic heterocycles. The van der Waals surface area contributed by atoms with Crippen LogP contribution in [0.3, 0.4) is 0 Å². The van der Waals surface area contributed by atoms with Crippen molar-refractivity contribution in [1.29, 1.82) is 0 Å². The minimum absolute atomic E-state index is 0.106. The van der Waals surface area contributed by atoms with E-state index in [1.165, 1.54) is 19.2 Å². The van der Waals surface area contributed by atoms with Gasteiger partial charge in [-0.1, -0.05) is 25.7 Å². The summed E-state index contributed by atoms with van der Waals surface area (Å²) in [6, 6.07) is 4.07. The van der Waals surface area contributed by atoms with Gasteiger partial charge in [0.15, 0.2) is 11.6 Å². The number of carbonyl (C=O) groups is 1. The third kappa shape index (κ3) is 4.17. The quantitative estimate of drug-likeness (QED) is 0.840. The number of hydrogen-bond acceptors (Lipinski definition) is 3. The van der Waals surface area contributed by atoms with Gasteiger partial charge < -0.3 is 15.2 Å². The minimum atomic E-state index is -0.836. The maximum Gasteiger partial charge on any atom is 0.251 e. The Kier molecular flexibility index (Phi) is 5.17. The van der Waals surface area contributed by atoms with Crippen LogP contribution in [0, 0.1) is 5.82 Å². The van der Waals surface area contributed by atoms with E-state index in [2.05, 4.69) is 5.32 Å². The van der Waals surface area contributed by atoms with Crippen molar-refractivity contribution in [1.82, 2.24) is 5.32 Å². The second-order valence-corrected chi connectivity index (χ2v) is 5.67. The van der Waals surface area contributed by atoms with E-state index in [4.69, 9.17) is 4.74 Å². The van der Waals surface area contributed by atoms with E-state index in [1.807, 2.05) is 0 Å². The minimum Gasteiger partial charge on any atom is -0.494 e. The highest BCUT2D eigenvalue weighted by atomic mass is 19.1. The van der Waals surface area contributed by atoms with Gasteiger partial charge in [0.25, 0.3) is 5.91 Å². The zero-order chi connectivity index (χ0) is 15.3. The van der Waals surface area contributed by atoms with Crippen LogP contribution in [-0.4, -0.2) is 30.3 Å². The molecule has 5 heteroatoms. The van der Waals surface area contributed by atoms with E-state index in [0.29, 0.717) is 12.8 Å². The summed E-state index contributed by atoms with van der Waals surface area (Å²) in [7, 11) is 1.37. The molecule has 21 heavy (non-hydrogen) atoms. The third-order valence-corrected chi connectivity index (χ3v) is 4.03. The van der Waals surface area contributed by atoms with Gasteiger partial charge in [0.1, 0.15) is 0 Å². The van der Waals surface area contributed by atoms with E-state index >= 15 is 0 Å². The fourth-order valence-electron chi connectivity index (χ4n) is 2.72. The summed E-state index contributed by atoms with van der Waals surface area (Å²) >= 11 is 0. The summed E-state index contributed by atoms with van der Waals surface area (Å²) in [6.07, 6.45) is 5.60. The Morgan fingerprint density at radius 1 is 1.33 bits per heavy atom. The lowest BCUT2D eigenvalue weighted by molar-refractivity contribution is 0.0246. The number of halogens is 1. The number of methoxy groups -OCH3 is 1. The molecule has 1 aromatic carbocycles. The van der Waals surface area contributed by atoms with E-state index in [0.717, 1.165) is 31.7 Å². The molecule has 1 saturated carbocycles. The first-order valence-electron chi connectivity index (χ1n) is 7.38. The van der Waals surface area contributed by atoms with Crippen LogP contribution in [0.2, 0.25) is 0 Å². The Morgan fingerprint density at radius 3 is 2.57 bits per heavy atom. The summed E-state index contributed by atoms with van der Waals surface area (Å²) in [5.41, 5.74) is -0.609. The number of nitrogens with one attached hydrogen (secondary N) is 1.